The molecule has 148 valence electrons. The van der Waals surface area contributed by atoms with Crippen LogP contribution in [0.2, 0.25) is 0 Å². The van der Waals surface area contributed by atoms with Gasteiger partial charge < -0.3 is 5.11 Å². The molecule has 2 N–H and O–H groups in total. The van der Waals surface area contributed by atoms with Crippen LogP contribution in [0.15, 0.2) is 55.5 Å². The average molecular weight is 459 g/mol. The van der Waals surface area contributed by atoms with Crippen LogP contribution in [-0.2, 0) is 0 Å². The Hall–Kier alpha value is -3.53. The number of halogens is 1. The van der Waals surface area contributed by atoms with Gasteiger partial charge in [0.15, 0.2) is 0 Å². The molecule has 0 aliphatic heterocycles. The third-order valence-corrected chi connectivity index (χ3v) is 5.07. The summed E-state index contributed by atoms with van der Waals surface area (Å²) in [6, 6.07) is 9.35. The number of nitrogens with one attached hydrogen (secondary N) is 1. The number of benzene rings is 2. The zero-order chi connectivity index (χ0) is 21.3. The quantitative estimate of drug-likeness (QED) is 0.351. The first-order chi connectivity index (χ1) is 13.7. The number of hydrogen-bond donors (Lipinski definition) is 2. The third-order valence-electron chi connectivity index (χ3n) is 4.18. The van der Waals surface area contributed by atoms with E-state index in [0.29, 0.717) is 11.3 Å². The highest BCUT2D eigenvalue weighted by molar-refractivity contribution is 9.10. The number of aromatic amines is 1. The smallest absolute Gasteiger partial charge is 0.335 e. The average Bonchev–Trinajstić information content (AvgIpc) is 2.65. The van der Waals surface area contributed by atoms with Gasteiger partial charge in [0.05, 0.1) is 10.6 Å². The molecule has 1 aromatic heterocycles. The number of aromatic nitrogens is 2. The van der Waals surface area contributed by atoms with Gasteiger partial charge in [-0.05, 0) is 49.2 Å². The fourth-order valence-corrected chi connectivity index (χ4v) is 2.93. The fraction of sp³-hybridized carbons (Fsp3) is 0.105. The van der Waals surface area contributed by atoms with Crippen molar-refractivity contribution in [2.75, 3.05) is 0 Å². The highest BCUT2D eigenvalue weighted by atomic mass is 79.9. The van der Waals surface area contributed by atoms with Gasteiger partial charge in [-0.3, -0.25) is 19.9 Å². The number of aromatic hydroxyl groups is 1. The van der Waals surface area contributed by atoms with E-state index in [1.54, 1.807) is 38.1 Å². The number of nitro groups is 1. The Morgan fingerprint density at radius 3 is 2.59 bits per heavy atom. The van der Waals surface area contributed by atoms with Crippen molar-refractivity contribution >= 4 is 33.5 Å². The number of nitrogens with zero attached hydrogens (tertiary/aromatic N) is 3. The van der Waals surface area contributed by atoms with Crippen LogP contribution in [0.3, 0.4) is 0 Å². The summed E-state index contributed by atoms with van der Waals surface area (Å²) in [5, 5.41) is 21.8. The van der Waals surface area contributed by atoms with E-state index < -0.39 is 22.1 Å². The van der Waals surface area contributed by atoms with Crippen molar-refractivity contribution in [1.29, 1.82) is 0 Å². The van der Waals surface area contributed by atoms with Gasteiger partial charge in [-0.1, -0.05) is 22.0 Å². The normalized spacial score (nSPS) is 11.1. The molecule has 0 aliphatic rings. The molecule has 29 heavy (non-hydrogen) atoms. The summed E-state index contributed by atoms with van der Waals surface area (Å²) in [4.78, 5) is 41.2. The van der Waals surface area contributed by atoms with Crippen LogP contribution in [0.4, 0.5) is 11.4 Å². The molecular weight excluding hydrogens is 444 g/mol. The van der Waals surface area contributed by atoms with E-state index in [1.807, 2.05) is 0 Å². The molecule has 0 saturated heterocycles. The Balaban J connectivity index is 2.16. The zero-order valence-electron chi connectivity index (χ0n) is 15.3. The minimum atomic E-state index is -0.865. The molecule has 0 aliphatic carbocycles. The van der Waals surface area contributed by atoms with Crippen LogP contribution < -0.4 is 11.2 Å². The van der Waals surface area contributed by atoms with Crippen LogP contribution in [-0.4, -0.2) is 25.8 Å². The molecule has 0 amide bonds. The van der Waals surface area contributed by atoms with E-state index in [9.17, 15) is 24.8 Å². The van der Waals surface area contributed by atoms with Gasteiger partial charge in [0.1, 0.15) is 11.3 Å². The largest absolute Gasteiger partial charge is 0.493 e. The molecule has 9 nitrogen and oxygen atoms in total. The SMILES string of the molecule is Cc1ccc(N=Cc2c(O)n(-c3ccc(Br)c(C)c3)c(=O)[nH]c2=O)c([N+](=O)[O-])c1. The van der Waals surface area contributed by atoms with Gasteiger partial charge >= 0.3 is 5.69 Å². The molecule has 3 rings (SSSR count). The predicted molar refractivity (Wildman–Crippen MR) is 112 cm³/mol. The van der Waals surface area contributed by atoms with Crippen LogP contribution in [0.5, 0.6) is 5.88 Å². The van der Waals surface area contributed by atoms with Crippen molar-refractivity contribution in [3.63, 3.8) is 0 Å². The highest BCUT2D eigenvalue weighted by Crippen LogP contribution is 2.28. The Morgan fingerprint density at radius 2 is 1.93 bits per heavy atom. The van der Waals surface area contributed by atoms with Gasteiger partial charge in [0.25, 0.3) is 11.2 Å². The summed E-state index contributed by atoms with van der Waals surface area (Å²) in [7, 11) is 0. The standard InChI is InChI=1S/C19H15BrN4O5/c1-10-3-6-15(16(7-10)24(28)29)21-9-13-17(25)22-19(27)23(18(13)26)12-4-5-14(20)11(2)8-12/h3-9,26H,1-2H3,(H,22,25,27). The molecule has 0 unspecified atom stereocenters. The molecular formula is C19H15BrN4O5. The van der Waals surface area contributed by atoms with Crippen molar-refractivity contribution in [3.8, 4) is 11.6 Å². The Kier molecular flexibility index (Phi) is 5.46. The Bertz CT molecular complexity index is 1280. The van der Waals surface area contributed by atoms with Gasteiger partial charge in [0, 0.05) is 16.8 Å². The predicted octanol–water partition coefficient (Wildman–Crippen LogP) is 3.27. The van der Waals surface area contributed by atoms with Crippen molar-refractivity contribution in [2.24, 2.45) is 4.99 Å². The lowest BCUT2D eigenvalue weighted by Gasteiger charge is -2.11. The van der Waals surface area contributed by atoms with Gasteiger partial charge in [-0.2, -0.15) is 0 Å². The molecule has 0 atom stereocenters. The van der Waals surface area contributed by atoms with E-state index in [1.165, 1.54) is 12.1 Å². The second kappa shape index (κ2) is 7.84. The number of aryl methyl sites for hydroxylation is 2. The van der Waals surface area contributed by atoms with Gasteiger partial charge in [0.2, 0.25) is 5.88 Å². The molecule has 2 aromatic carbocycles. The second-order valence-electron chi connectivity index (χ2n) is 6.27. The number of nitro benzene ring substituents is 1. The van der Waals surface area contributed by atoms with Crippen LogP contribution in [0.1, 0.15) is 16.7 Å². The molecule has 0 bridgehead atoms. The maximum Gasteiger partial charge on any atom is 0.335 e. The van der Waals surface area contributed by atoms with E-state index >= 15 is 0 Å². The first kappa shape index (κ1) is 20.2. The topological polar surface area (TPSA) is 131 Å². The summed E-state index contributed by atoms with van der Waals surface area (Å²) in [5.41, 5.74) is -0.407. The van der Waals surface area contributed by atoms with Gasteiger partial charge in [-0.25, -0.2) is 14.4 Å². The lowest BCUT2D eigenvalue weighted by molar-refractivity contribution is -0.384. The Morgan fingerprint density at radius 1 is 1.21 bits per heavy atom. The lowest BCUT2D eigenvalue weighted by Crippen LogP contribution is -2.31. The first-order valence-corrected chi connectivity index (χ1v) is 9.12. The Labute approximate surface area is 172 Å². The summed E-state index contributed by atoms with van der Waals surface area (Å²) >= 11 is 3.36. The summed E-state index contributed by atoms with van der Waals surface area (Å²) in [5.74, 6) is -0.626. The van der Waals surface area contributed by atoms with Crippen molar-refractivity contribution in [1.82, 2.24) is 9.55 Å². The van der Waals surface area contributed by atoms with Crippen LogP contribution >= 0.6 is 15.9 Å². The van der Waals surface area contributed by atoms with Crippen molar-refractivity contribution in [3.05, 3.63) is 88.5 Å². The van der Waals surface area contributed by atoms with Crippen molar-refractivity contribution < 1.29 is 10.0 Å². The zero-order valence-corrected chi connectivity index (χ0v) is 16.9. The molecule has 0 radical (unpaired) electrons. The minimum absolute atomic E-state index is 0.0108. The third kappa shape index (κ3) is 4.02. The highest BCUT2D eigenvalue weighted by Gasteiger charge is 2.16. The summed E-state index contributed by atoms with van der Waals surface area (Å²) in [6.45, 7) is 3.51. The summed E-state index contributed by atoms with van der Waals surface area (Å²) < 4.78 is 1.73. The monoisotopic (exact) mass is 458 g/mol. The van der Waals surface area contributed by atoms with Crippen LogP contribution in [0, 0.1) is 24.0 Å². The number of H-pyrrole nitrogens is 1. The maximum atomic E-state index is 12.3. The maximum absolute atomic E-state index is 12.3. The molecule has 3 aromatic rings. The molecule has 0 spiro atoms. The first-order valence-electron chi connectivity index (χ1n) is 8.33. The molecule has 0 saturated carbocycles. The number of hydrogen-bond acceptors (Lipinski definition) is 6. The van der Waals surface area contributed by atoms with Gasteiger partial charge in [-0.15, -0.1) is 0 Å². The number of rotatable bonds is 4. The molecule has 0 fully saturated rings. The molecule has 10 heteroatoms. The van der Waals surface area contributed by atoms with Crippen LogP contribution in [0.25, 0.3) is 5.69 Å². The van der Waals surface area contributed by atoms with E-state index in [0.717, 1.165) is 20.8 Å². The van der Waals surface area contributed by atoms with E-state index in [-0.39, 0.29) is 16.9 Å². The van der Waals surface area contributed by atoms with E-state index in [4.69, 9.17) is 0 Å². The minimum Gasteiger partial charge on any atom is -0.493 e. The van der Waals surface area contributed by atoms with Crippen molar-refractivity contribution in [2.45, 2.75) is 13.8 Å². The molecule has 1 heterocycles. The fourth-order valence-electron chi connectivity index (χ4n) is 2.69. The second-order valence-corrected chi connectivity index (χ2v) is 7.13. The van der Waals surface area contributed by atoms with E-state index in [2.05, 4.69) is 25.9 Å². The summed E-state index contributed by atoms with van der Waals surface area (Å²) in [6.07, 6.45) is 0.994. The number of aliphatic imine (C=N–C) groups is 1. The lowest BCUT2D eigenvalue weighted by atomic mass is 10.2.